The molecule has 1 fully saturated rings. The van der Waals surface area contributed by atoms with Crippen LogP contribution in [-0.4, -0.2) is 62.7 Å². The standard InChI is InChI=1S/C31H32F6N4O4/c32-20-8-4-18(5-9-20)27(19-6-10-21(33)11-7-19)28(29(38)42)41-26-3-1-2-25(34)24(26)13-12-22-14-39-15-23(45-22)16-44-30(43)40-17-31(35,36)37/h1-11,22-23,27-28,39,41H,12-17H2,(H2,38,42)(H,40,43)/t22-,23+,28+/m1/s1. The quantitative estimate of drug-likeness (QED) is 0.213. The van der Waals surface area contributed by atoms with Crippen molar-refractivity contribution in [3.05, 3.63) is 101 Å². The fourth-order valence-electron chi connectivity index (χ4n) is 5.09. The number of carbonyl (C=O) groups is 2. The van der Waals surface area contributed by atoms with Gasteiger partial charge in [0, 0.05) is 30.3 Å². The molecule has 0 aromatic heterocycles. The van der Waals surface area contributed by atoms with Gasteiger partial charge in [-0.3, -0.25) is 4.79 Å². The van der Waals surface area contributed by atoms with Gasteiger partial charge in [-0.05, 0) is 60.4 Å². The van der Waals surface area contributed by atoms with Crippen LogP contribution in [0.4, 0.5) is 36.8 Å². The van der Waals surface area contributed by atoms with Crippen molar-refractivity contribution in [1.29, 1.82) is 0 Å². The molecule has 0 unspecified atom stereocenters. The number of morpholine rings is 1. The van der Waals surface area contributed by atoms with Crippen molar-refractivity contribution in [2.24, 2.45) is 5.73 Å². The highest BCUT2D eigenvalue weighted by atomic mass is 19.4. The number of hydrogen-bond acceptors (Lipinski definition) is 6. The topological polar surface area (TPSA) is 115 Å². The largest absolute Gasteiger partial charge is 0.447 e. The number of benzene rings is 3. The Balaban J connectivity index is 1.47. The molecule has 0 radical (unpaired) electrons. The van der Waals surface area contributed by atoms with Crippen molar-refractivity contribution < 1.29 is 45.4 Å². The summed E-state index contributed by atoms with van der Waals surface area (Å²) in [6.45, 7) is -1.16. The summed E-state index contributed by atoms with van der Waals surface area (Å²) in [6.07, 6.45) is -6.48. The predicted molar refractivity (Wildman–Crippen MR) is 153 cm³/mol. The van der Waals surface area contributed by atoms with E-state index in [-0.39, 0.29) is 30.8 Å². The number of ether oxygens (including phenoxy) is 2. The molecule has 4 rings (SSSR count). The van der Waals surface area contributed by atoms with Gasteiger partial charge in [0.05, 0.1) is 6.10 Å². The Bertz CT molecular complexity index is 1390. The molecule has 0 aliphatic carbocycles. The summed E-state index contributed by atoms with van der Waals surface area (Å²) >= 11 is 0. The van der Waals surface area contributed by atoms with Gasteiger partial charge in [-0.1, -0.05) is 30.3 Å². The number of anilines is 1. The fraction of sp³-hybridized carbons (Fsp3) is 0.355. The van der Waals surface area contributed by atoms with Gasteiger partial charge in [0.2, 0.25) is 5.91 Å². The molecular weight excluding hydrogens is 606 g/mol. The second-order valence-electron chi connectivity index (χ2n) is 10.5. The van der Waals surface area contributed by atoms with Gasteiger partial charge in [-0.2, -0.15) is 13.2 Å². The molecular formula is C31H32F6N4O4. The van der Waals surface area contributed by atoms with E-state index in [1.54, 1.807) is 11.4 Å². The predicted octanol–water partition coefficient (Wildman–Crippen LogP) is 4.78. The Labute approximate surface area is 255 Å². The lowest BCUT2D eigenvalue weighted by molar-refractivity contribution is -0.124. The monoisotopic (exact) mass is 638 g/mol. The van der Waals surface area contributed by atoms with Gasteiger partial charge in [-0.25, -0.2) is 18.0 Å². The van der Waals surface area contributed by atoms with Crippen molar-refractivity contribution in [2.75, 3.05) is 31.6 Å². The molecule has 5 N–H and O–H groups in total. The molecule has 3 aromatic carbocycles. The number of rotatable bonds is 12. The molecule has 1 saturated heterocycles. The Hall–Kier alpha value is -4.30. The number of halogens is 6. The average Bonchev–Trinajstić information content (AvgIpc) is 3.00. The molecule has 1 heterocycles. The molecule has 14 heteroatoms. The maximum Gasteiger partial charge on any atom is 0.407 e. The summed E-state index contributed by atoms with van der Waals surface area (Å²) in [6, 6.07) is 14.0. The minimum Gasteiger partial charge on any atom is -0.447 e. The van der Waals surface area contributed by atoms with Crippen molar-refractivity contribution >= 4 is 17.7 Å². The molecule has 242 valence electrons. The zero-order chi connectivity index (χ0) is 32.6. The molecule has 2 amide bonds. The van der Waals surface area contributed by atoms with Gasteiger partial charge < -0.3 is 31.2 Å². The van der Waals surface area contributed by atoms with Crippen LogP contribution in [0.5, 0.6) is 0 Å². The first-order valence-electron chi connectivity index (χ1n) is 14.1. The number of hydrogen-bond donors (Lipinski definition) is 4. The first-order chi connectivity index (χ1) is 21.4. The number of nitrogens with two attached hydrogens (primary N) is 1. The van der Waals surface area contributed by atoms with E-state index in [1.165, 1.54) is 60.7 Å². The smallest absolute Gasteiger partial charge is 0.407 e. The molecule has 45 heavy (non-hydrogen) atoms. The first kappa shape index (κ1) is 33.6. The fourth-order valence-corrected chi connectivity index (χ4v) is 5.09. The van der Waals surface area contributed by atoms with Crippen molar-refractivity contribution in [1.82, 2.24) is 10.6 Å². The highest BCUT2D eigenvalue weighted by molar-refractivity contribution is 5.85. The van der Waals surface area contributed by atoms with Crippen LogP contribution in [0.15, 0.2) is 66.7 Å². The van der Waals surface area contributed by atoms with Crippen molar-refractivity contribution in [3.63, 3.8) is 0 Å². The second-order valence-corrected chi connectivity index (χ2v) is 10.5. The summed E-state index contributed by atoms with van der Waals surface area (Å²) in [4.78, 5) is 24.4. The van der Waals surface area contributed by atoms with Crippen LogP contribution in [0.3, 0.4) is 0 Å². The number of carbonyl (C=O) groups excluding carboxylic acids is 2. The molecule has 3 aromatic rings. The molecule has 1 aliphatic heterocycles. The van der Waals surface area contributed by atoms with Crippen LogP contribution in [-0.2, 0) is 20.7 Å². The summed E-state index contributed by atoms with van der Waals surface area (Å²) in [5.41, 5.74) is 7.37. The van der Waals surface area contributed by atoms with Crippen LogP contribution in [0.25, 0.3) is 0 Å². The normalized spacial score (nSPS) is 17.5. The highest BCUT2D eigenvalue weighted by Crippen LogP contribution is 2.32. The van der Waals surface area contributed by atoms with Crippen LogP contribution in [0.2, 0.25) is 0 Å². The summed E-state index contributed by atoms with van der Waals surface area (Å²) in [5, 5.41) is 7.77. The summed E-state index contributed by atoms with van der Waals surface area (Å²) in [7, 11) is 0. The zero-order valence-electron chi connectivity index (χ0n) is 23.9. The Kier molecular flexibility index (Phi) is 11.3. The SMILES string of the molecule is NC(=O)[C@@H](Nc1cccc(F)c1CC[C@@H]1CNC[C@@H](COC(=O)NCC(F)(F)F)O1)C(c1ccc(F)cc1)c1ccc(F)cc1. The third-order valence-corrected chi connectivity index (χ3v) is 7.21. The Morgan fingerprint density at radius 3 is 2.11 bits per heavy atom. The van der Waals surface area contributed by atoms with Crippen molar-refractivity contribution in [3.8, 4) is 0 Å². The van der Waals surface area contributed by atoms with Crippen LogP contribution >= 0.6 is 0 Å². The molecule has 3 atom stereocenters. The molecule has 8 nitrogen and oxygen atoms in total. The zero-order valence-corrected chi connectivity index (χ0v) is 23.9. The van der Waals surface area contributed by atoms with Gasteiger partial charge in [0.25, 0.3) is 0 Å². The lowest BCUT2D eigenvalue weighted by Gasteiger charge is -2.31. The van der Waals surface area contributed by atoms with E-state index < -0.39 is 66.3 Å². The van der Waals surface area contributed by atoms with Gasteiger partial charge in [0.1, 0.15) is 42.7 Å². The maximum atomic E-state index is 15.2. The number of alkyl halides is 3. The van der Waals surface area contributed by atoms with E-state index in [4.69, 9.17) is 15.2 Å². The van der Waals surface area contributed by atoms with Gasteiger partial charge in [-0.15, -0.1) is 0 Å². The average molecular weight is 639 g/mol. The molecule has 0 saturated carbocycles. The highest BCUT2D eigenvalue weighted by Gasteiger charge is 2.32. The van der Waals surface area contributed by atoms with Crippen molar-refractivity contribution in [2.45, 2.75) is 43.2 Å². The van der Waals surface area contributed by atoms with Crippen LogP contribution in [0.1, 0.15) is 29.0 Å². The van der Waals surface area contributed by atoms with E-state index in [1.807, 2.05) is 0 Å². The van der Waals surface area contributed by atoms with E-state index in [0.717, 1.165) is 0 Å². The number of nitrogens with one attached hydrogen (secondary N) is 3. The first-order valence-corrected chi connectivity index (χ1v) is 14.1. The number of amides is 2. The number of primary amides is 1. The van der Waals surface area contributed by atoms with E-state index in [0.29, 0.717) is 24.1 Å². The molecule has 0 bridgehead atoms. The minimum absolute atomic E-state index is 0.143. The van der Waals surface area contributed by atoms with E-state index in [9.17, 15) is 31.5 Å². The van der Waals surface area contributed by atoms with Crippen LogP contribution in [0, 0.1) is 17.5 Å². The van der Waals surface area contributed by atoms with E-state index in [2.05, 4.69) is 10.6 Å². The van der Waals surface area contributed by atoms with Crippen LogP contribution < -0.4 is 21.7 Å². The lowest BCUT2D eigenvalue weighted by Crippen LogP contribution is -2.47. The third kappa shape index (κ3) is 9.85. The van der Waals surface area contributed by atoms with E-state index >= 15 is 4.39 Å². The minimum atomic E-state index is -4.58. The second kappa shape index (κ2) is 15.1. The molecule has 1 aliphatic rings. The summed E-state index contributed by atoms with van der Waals surface area (Å²) < 4.78 is 90.3. The molecule has 0 spiro atoms. The third-order valence-electron chi connectivity index (χ3n) is 7.21. The number of alkyl carbamates (subject to hydrolysis) is 1. The Morgan fingerprint density at radius 2 is 1.53 bits per heavy atom. The summed E-state index contributed by atoms with van der Waals surface area (Å²) in [5.74, 6) is -3.13. The Morgan fingerprint density at radius 1 is 0.933 bits per heavy atom. The lowest BCUT2D eigenvalue weighted by atomic mass is 9.84. The van der Waals surface area contributed by atoms with Gasteiger partial charge in [0.15, 0.2) is 0 Å². The maximum absolute atomic E-state index is 15.2. The van der Waals surface area contributed by atoms with Gasteiger partial charge >= 0.3 is 12.3 Å².